The van der Waals surface area contributed by atoms with Crippen LogP contribution in [-0.4, -0.2) is 55.8 Å². The van der Waals surface area contributed by atoms with Gasteiger partial charge in [-0.3, -0.25) is 9.69 Å². The van der Waals surface area contributed by atoms with Crippen LogP contribution >= 0.6 is 0 Å². The number of hydrogen-bond acceptors (Lipinski definition) is 5. The van der Waals surface area contributed by atoms with Crippen LogP contribution in [0.2, 0.25) is 0 Å². The average Bonchev–Trinajstić information content (AvgIpc) is 2.74. The van der Waals surface area contributed by atoms with Crippen LogP contribution in [0.5, 0.6) is 0 Å². The number of nitriles is 1. The van der Waals surface area contributed by atoms with Crippen molar-refractivity contribution in [2.75, 3.05) is 31.5 Å². The van der Waals surface area contributed by atoms with Crippen LogP contribution in [0.25, 0.3) is 0 Å². The molecule has 2 aromatic rings. The Morgan fingerprint density at radius 1 is 1.07 bits per heavy atom. The maximum absolute atomic E-state index is 12.7. The molecule has 1 fully saturated rings. The molecule has 3 rings (SSSR count). The minimum absolute atomic E-state index is 0.0113. The van der Waals surface area contributed by atoms with Gasteiger partial charge in [-0.05, 0) is 36.8 Å². The fraction of sp³-hybridized carbons (Fsp3) is 0.333. The molecule has 7 nitrogen and oxygen atoms in total. The third-order valence-electron chi connectivity index (χ3n) is 5.07. The second-order valence-corrected chi connectivity index (χ2v) is 9.00. The molecule has 1 atom stereocenters. The molecular formula is C21H24N4O3S. The van der Waals surface area contributed by atoms with Crippen molar-refractivity contribution >= 4 is 21.6 Å². The van der Waals surface area contributed by atoms with E-state index in [4.69, 9.17) is 5.26 Å². The van der Waals surface area contributed by atoms with Gasteiger partial charge >= 0.3 is 0 Å². The molecule has 1 amide bonds. The Kier molecular flexibility index (Phi) is 6.64. The van der Waals surface area contributed by atoms with E-state index in [1.165, 1.54) is 4.31 Å². The number of carbonyl (C=O) groups excluding carboxylic acids is 1. The fourth-order valence-electron chi connectivity index (χ4n) is 3.29. The van der Waals surface area contributed by atoms with Crippen molar-refractivity contribution in [1.29, 1.82) is 5.26 Å². The molecule has 1 aliphatic heterocycles. The van der Waals surface area contributed by atoms with Crippen molar-refractivity contribution in [2.45, 2.75) is 18.7 Å². The van der Waals surface area contributed by atoms with Crippen molar-refractivity contribution in [1.82, 2.24) is 9.21 Å². The minimum atomic E-state index is -3.38. The van der Waals surface area contributed by atoms with Crippen LogP contribution in [-0.2, 0) is 20.6 Å². The number of piperazine rings is 1. The molecule has 1 saturated heterocycles. The van der Waals surface area contributed by atoms with Gasteiger partial charge in [-0.2, -0.15) is 9.57 Å². The van der Waals surface area contributed by atoms with Gasteiger partial charge in [0.25, 0.3) is 0 Å². The van der Waals surface area contributed by atoms with Gasteiger partial charge in [0.2, 0.25) is 15.9 Å². The van der Waals surface area contributed by atoms with Crippen molar-refractivity contribution in [3.63, 3.8) is 0 Å². The monoisotopic (exact) mass is 412 g/mol. The summed E-state index contributed by atoms with van der Waals surface area (Å²) in [4.78, 5) is 14.5. The van der Waals surface area contributed by atoms with Gasteiger partial charge in [0.15, 0.2) is 0 Å². The van der Waals surface area contributed by atoms with Crippen LogP contribution in [0.3, 0.4) is 0 Å². The Morgan fingerprint density at radius 2 is 1.69 bits per heavy atom. The zero-order valence-electron chi connectivity index (χ0n) is 16.3. The summed E-state index contributed by atoms with van der Waals surface area (Å²) in [6.45, 7) is 3.53. The predicted molar refractivity (Wildman–Crippen MR) is 111 cm³/mol. The summed E-state index contributed by atoms with van der Waals surface area (Å²) in [6.07, 6.45) is 0. The van der Waals surface area contributed by atoms with E-state index in [-0.39, 0.29) is 17.7 Å². The Morgan fingerprint density at radius 3 is 2.28 bits per heavy atom. The van der Waals surface area contributed by atoms with Crippen molar-refractivity contribution in [3.05, 3.63) is 65.7 Å². The Hall–Kier alpha value is -2.73. The summed E-state index contributed by atoms with van der Waals surface area (Å²) in [5.74, 6) is -0.168. The summed E-state index contributed by atoms with van der Waals surface area (Å²) in [6, 6.07) is 17.5. The normalized spacial score (nSPS) is 16.7. The smallest absolute Gasteiger partial charge is 0.241 e. The number of benzene rings is 2. The first-order chi connectivity index (χ1) is 13.9. The quantitative estimate of drug-likeness (QED) is 0.784. The number of nitrogens with zero attached hydrogens (tertiary/aromatic N) is 3. The van der Waals surface area contributed by atoms with Gasteiger partial charge in [-0.25, -0.2) is 8.42 Å². The fourth-order valence-corrected chi connectivity index (χ4v) is 4.80. The van der Waals surface area contributed by atoms with Crippen molar-refractivity contribution in [2.24, 2.45) is 0 Å². The molecule has 0 saturated carbocycles. The second kappa shape index (κ2) is 9.18. The second-order valence-electron chi connectivity index (χ2n) is 7.03. The van der Waals surface area contributed by atoms with E-state index < -0.39 is 10.0 Å². The summed E-state index contributed by atoms with van der Waals surface area (Å²) in [5.41, 5.74) is 1.93. The number of anilines is 1. The SMILES string of the molecule is C[C@H](C(=O)Nc1ccc(C#N)cc1)N1CCN(S(=O)(=O)Cc2ccccc2)CC1. The minimum Gasteiger partial charge on any atom is -0.325 e. The summed E-state index contributed by atoms with van der Waals surface area (Å²) in [5, 5.41) is 11.7. The first kappa shape index (κ1) is 21.0. The lowest BCUT2D eigenvalue weighted by Crippen LogP contribution is -2.54. The zero-order valence-corrected chi connectivity index (χ0v) is 17.1. The maximum Gasteiger partial charge on any atom is 0.241 e. The van der Waals surface area contributed by atoms with Gasteiger partial charge in [0, 0.05) is 31.9 Å². The highest BCUT2D eigenvalue weighted by Gasteiger charge is 2.30. The van der Waals surface area contributed by atoms with Crippen LogP contribution in [0.1, 0.15) is 18.1 Å². The molecule has 2 aromatic carbocycles. The first-order valence-electron chi connectivity index (χ1n) is 9.46. The molecule has 1 N–H and O–H groups in total. The maximum atomic E-state index is 12.7. The number of rotatable bonds is 6. The van der Waals surface area contributed by atoms with Crippen molar-refractivity contribution in [3.8, 4) is 6.07 Å². The number of carbonyl (C=O) groups is 1. The number of amides is 1. The van der Waals surface area contributed by atoms with Crippen LogP contribution in [0.4, 0.5) is 5.69 Å². The molecule has 29 heavy (non-hydrogen) atoms. The largest absolute Gasteiger partial charge is 0.325 e. The molecule has 8 heteroatoms. The molecule has 0 radical (unpaired) electrons. The lowest BCUT2D eigenvalue weighted by Gasteiger charge is -2.36. The zero-order chi connectivity index (χ0) is 20.9. The van der Waals surface area contributed by atoms with Gasteiger partial charge in [0.05, 0.1) is 23.4 Å². The summed E-state index contributed by atoms with van der Waals surface area (Å²) < 4.78 is 26.8. The third kappa shape index (κ3) is 5.41. The van der Waals surface area contributed by atoms with E-state index >= 15 is 0 Å². The molecule has 0 aliphatic carbocycles. The summed E-state index contributed by atoms with van der Waals surface area (Å²) >= 11 is 0. The highest BCUT2D eigenvalue weighted by Crippen LogP contribution is 2.16. The predicted octanol–water partition coefficient (Wildman–Crippen LogP) is 2.03. The molecule has 152 valence electrons. The Bertz CT molecular complexity index is 977. The molecule has 0 unspecified atom stereocenters. The van der Waals surface area contributed by atoms with E-state index in [1.54, 1.807) is 24.3 Å². The van der Waals surface area contributed by atoms with Gasteiger partial charge < -0.3 is 5.32 Å². The molecule has 1 aliphatic rings. The van der Waals surface area contributed by atoms with Gasteiger partial charge in [0.1, 0.15) is 0 Å². The highest BCUT2D eigenvalue weighted by molar-refractivity contribution is 7.88. The first-order valence-corrected chi connectivity index (χ1v) is 11.1. The topological polar surface area (TPSA) is 93.5 Å². The van der Waals surface area contributed by atoms with Gasteiger partial charge in [-0.15, -0.1) is 0 Å². The Balaban J connectivity index is 1.53. The van der Waals surface area contributed by atoms with Crippen LogP contribution in [0, 0.1) is 11.3 Å². The highest BCUT2D eigenvalue weighted by atomic mass is 32.2. The molecule has 0 bridgehead atoms. The van der Waals surface area contributed by atoms with E-state index in [0.717, 1.165) is 5.56 Å². The van der Waals surface area contributed by atoms with E-state index in [2.05, 4.69) is 5.32 Å². The number of hydrogen-bond donors (Lipinski definition) is 1. The van der Waals surface area contributed by atoms with E-state index in [9.17, 15) is 13.2 Å². The number of sulfonamides is 1. The van der Waals surface area contributed by atoms with Gasteiger partial charge in [-0.1, -0.05) is 30.3 Å². The lowest BCUT2D eigenvalue weighted by molar-refractivity contribution is -0.121. The van der Waals surface area contributed by atoms with E-state index in [0.29, 0.717) is 37.4 Å². The van der Waals surface area contributed by atoms with Crippen LogP contribution in [0.15, 0.2) is 54.6 Å². The molecule has 1 heterocycles. The Labute approximate surface area is 171 Å². The van der Waals surface area contributed by atoms with Crippen LogP contribution < -0.4 is 5.32 Å². The lowest BCUT2D eigenvalue weighted by atomic mass is 10.2. The third-order valence-corrected chi connectivity index (χ3v) is 6.92. The summed E-state index contributed by atoms with van der Waals surface area (Å²) in [7, 11) is -3.38. The molecular weight excluding hydrogens is 388 g/mol. The van der Waals surface area contributed by atoms with Crippen molar-refractivity contribution < 1.29 is 13.2 Å². The molecule has 0 spiro atoms. The number of nitrogens with one attached hydrogen (secondary N) is 1. The standard InChI is InChI=1S/C21H24N4O3S/c1-17(21(26)23-20-9-7-18(15-22)8-10-20)24-11-13-25(14-12-24)29(27,28)16-19-5-3-2-4-6-19/h2-10,17H,11-14,16H2,1H3,(H,23,26)/t17-/m1/s1. The molecule has 0 aromatic heterocycles. The van der Waals surface area contributed by atoms with E-state index in [1.807, 2.05) is 48.2 Å². The average molecular weight is 413 g/mol.